The largest absolute Gasteiger partial charge is 0.307 e. The molecule has 0 saturated heterocycles. The minimum Gasteiger partial charge on any atom is -0.307 e. The van der Waals surface area contributed by atoms with Crippen molar-refractivity contribution in [1.29, 1.82) is 5.26 Å². The van der Waals surface area contributed by atoms with Gasteiger partial charge in [0.05, 0.1) is 46.0 Å². The van der Waals surface area contributed by atoms with Gasteiger partial charge in [-0.1, -0.05) is 39.0 Å². The molecular formula is C33H29N4+. The monoisotopic (exact) mass is 481 g/mol. The normalized spacial score (nSPS) is 12.7. The minimum atomic E-state index is 0.228. The first kappa shape index (κ1) is 22.0. The van der Waals surface area contributed by atoms with Gasteiger partial charge in [-0.05, 0) is 88.5 Å². The molecule has 0 radical (unpaired) electrons. The Labute approximate surface area is 215 Å². The molecule has 3 heterocycles. The summed E-state index contributed by atoms with van der Waals surface area (Å²) in [5, 5.41) is 17.0. The second kappa shape index (κ2) is 7.17. The fraction of sp³-hybridized carbons (Fsp3) is 0.242. The number of nitriles is 1. The third-order valence-electron chi connectivity index (χ3n) is 8.05. The summed E-state index contributed by atoms with van der Waals surface area (Å²) >= 11 is 0. The Kier molecular flexibility index (Phi) is 4.26. The van der Waals surface area contributed by atoms with Gasteiger partial charge in [0, 0.05) is 10.8 Å². The maximum Gasteiger partial charge on any atom is 0.287 e. The van der Waals surface area contributed by atoms with Gasteiger partial charge in [0.1, 0.15) is 5.52 Å². The number of pyridine rings is 1. The van der Waals surface area contributed by atoms with Crippen molar-refractivity contribution >= 4 is 59.9 Å². The van der Waals surface area contributed by atoms with Crippen LogP contribution in [0.25, 0.3) is 59.9 Å². The van der Waals surface area contributed by atoms with Crippen molar-refractivity contribution in [3.63, 3.8) is 0 Å². The predicted molar refractivity (Wildman–Crippen MR) is 152 cm³/mol. The molecule has 0 fully saturated rings. The fourth-order valence-corrected chi connectivity index (χ4v) is 6.57. The molecule has 4 aromatic carbocycles. The second-order valence-corrected chi connectivity index (χ2v) is 11.8. The SMILES string of the molecule is Cc1c2cc(CC(C)(C)C)ccc2c(C)c2c1c1c3c(ccc4c5cc(C#N)ccc5n2c43)nc[n+]1C. The lowest BCUT2D eigenvalue weighted by Gasteiger charge is -2.20. The lowest BCUT2D eigenvalue weighted by Crippen LogP contribution is -2.30. The maximum absolute atomic E-state index is 9.63. The van der Waals surface area contributed by atoms with Crippen LogP contribution in [-0.2, 0) is 13.5 Å². The van der Waals surface area contributed by atoms with Gasteiger partial charge in [-0.25, -0.2) is 4.57 Å². The van der Waals surface area contributed by atoms with Gasteiger partial charge in [0.2, 0.25) is 0 Å². The van der Waals surface area contributed by atoms with E-state index >= 15 is 0 Å². The van der Waals surface area contributed by atoms with Crippen LogP contribution in [0.5, 0.6) is 0 Å². The summed E-state index contributed by atoms with van der Waals surface area (Å²) in [7, 11) is 2.10. The van der Waals surface area contributed by atoms with Crippen LogP contribution in [0.1, 0.15) is 43.0 Å². The Hall–Kier alpha value is -4.23. The van der Waals surface area contributed by atoms with E-state index in [2.05, 4.69) is 93.1 Å². The van der Waals surface area contributed by atoms with Crippen molar-refractivity contribution in [2.75, 3.05) is 0 Å². The number of benzene rings is 4. The topological polar surface area (TPSA) is 45.0 Å². The van der Waals surface area contributed by atoms with Gasteiger partial charge in [-0.3, -0.25) is 0 Å². The molecule has 0 aliphatic rings. The summed E-state index contributed by atoms with van der Waals surface area (Å²) in [4.78, 5) is 4.81. The first-order valence-corrected chi connectivity index (χ1v) is 12.9. The molecule has 0 spiro atoms. The molecule has 37 heavy (non-hydrogen) atoms. The zero-order valence-corrected chi connectivity index (χ0v) is 22.2. The van der Waals surface area contributed by atoms with Crippen LogP contribution in [0.2, 0.25) is 0 Å². The lowest BCUT2D eigenvalue weighted by atomic mass is 9.86. The highest BCUT2D eigenvalue weighted by atomic mass is 15.0. The van der Waals surface area contributed by atoms with Crippen molar-refractivity contribution in [2.24, 2.45) is 12.5 Å². The van der Waals surface area contributed by atoms with Crippen molar-refractivity contribution in [1.82, 2.24) is 9.38 Å². The standard InChI is InChI=1S/C33H29N4/c1-18-24-13-20(15-33(3,4)5)7-9-22(24)19(2)30-28(18)32-29-26(35-17-36(32)6)11-10-23-25-14-21(16-34)8-12-27(25)37(30)31(23)29/h7-14,17H,15H2,1-6H3/q+1. The third kappa shape index (κ3) is 2.89. The molecule has 0 bridgehead atoms. The average Bonchev–Trinajstić information content (AvgIpc) is 3.20. The summed E-state index contributed by atoms with van der Waals surface area (Å²) in [5.74, 6) is 0. The highest BCUT2D eigenvalue weighted by Crippen LogP contribution is 2.43. The van der Waals surface area contributed by atoms with E-state index in [-0.39, 0.29) is 5.41 Å². The highest BCUT2D eigenvalue weighted by molar-refractivity contribution is 6.28. The van der Waals surface area contributed by atoms with E-state index in [0.717, 1.165) is 28.2 Å². The predicted octanol–water partition coefficient (Wildman–Crippen LogP) is 7.44. The lowest BCUT2D eigenvalue weighted by molar-refractivity contribution is -0.646. The molecule has 3 aromatic heterocycles. The van der Waals surface area contributed by atoms with Gasteiger partial charge in [-0.2, -0.15) is 5.26 Å². The molecule has 0 aliphatic heterocycles. The maximum atomic E-state index is 9.63. The Bertz CT molecular complexity index is 2130. The fourth-order valence-electron chi connectivity index (χ4n) is 6.57. The van der Waals surface area contributed by atoms with Crippen LogP contribution in [0.4, 0.5) is 0 Å². The number of rotatable bonds is 1. The minimum absolute atomic E-state index is 0.228. The molecule has 0 unspecified atom stereocenters. The number of nitrogens with zero attached hydrogens (tertiary/aromatic N) is 4. The van der Waals surface area contributed by atoms with Crippen molar-refractivity contribution in [3.8, 4) is 6.07 Å². The molecule has 0 N–H and O–H groups in total. The van der Waals surface area contributed by atoms with Crippen molar-refractivity contribution in [3.05, 3.63) is 77.1 Å². The third-order valence-corrected chi connectivity index (χ3v) is 8.05. The number of hydrogen-bond acceptors (Lipinski definition) is 2. The smallest absolute Gasteiger partial charge is 0.287 e. The van der Waals surface area contributed by atoms with Gasteiger partial charge in [-0.15, -0.1) is 0 Å². The number of hydrogen-bond donors (Lipinski definition) is 0. The van der Waals surface area contributed by atoms with E-state index in [1.165, 1.54) is 54.8 Å². The van der Waals surface area contributed by atoms with Crippen molar-refractivity contribution < 1.29 is 4.57 Å². The van der Waals surface area contributed by atoms with Crippen LogP contribution < -0.4 is 4.57 Å². The van der Waals surface area contributed by atoms with Crippen LogP contribution >= 0.6 is 0 Å². The molecular weight excluding hydrogens is 452 g/mol. The summed E-state index contributed by atoms with van der Waals surface area (Å²) in [6.07, 6.45) is 2.98. The zero-order valence-electron chi connectivity index (χ0n) is 22.2. The van der Waals surface area contributed by atoms with E-state index in [0.29, 0.717) is 5.56 Å². The molecule has 4 heteroatoms. The highest BCUT2D eigenvalue weighted by Gasteiger charge is 2.26. The van der Waals surface area contributed by atoms with Gasteiger partial charge < -0.3 is 4.40 Å². The van der Waals surface area contributed by atoms with E-state index in [4.69, 9.17) is 4.98 Å². The Morgan fingerprint density at radius 2 is 1.65 bits per heavy atom. The first-order valence-electron chi connectivity index (χ1n) is 12.9. The summed E-state index contributed by atoms with van der Waals surface area (Å²) < 4.78 is 4.61. The van der Waals surface area contributed by atoms with Gasteiger partial charge in [0.25, 0.3) is 6.33 Å². The van der Waals surface area contributed by atoms with Crippen molar-refractivity contribution in [2.45, 2.75) is 41.0 Å². The Morgan fingerprint density at radius 1 is 0.865 bits per heavy atom. The van der Waals surface area contributed by atoms with Gasteiger partial charge in [0.15, 0.2) is 5.52 Å². The molecule has 7 aromatic rings. The van der Waals surface area contributed by atoms with Crippen LogP contribution in [0.15, 0.2) is 54.9 Å². The molecule has 4 nitrogen and oxygen atoms in total. The summed E-state index contributed by atoms with van der Waals surface area (Å²) in [6, 6.07) is 19.7. The Balaban J connectivity index is 1.80. The number of aromatic nitrogens is 3. The Morgan fingerprint density at radius 3 is 2.41 bits per heavy atom. The van der Waals surface area contributed by atoms with Gasteiger partial charge >= 0.3 is 0 Å². The summed E-state index contributed by atoms with van der Waals surface area (Å²) in [6.45, 7) is 11.4. The average molecular weight is 482 g/mol. The summed E-state index contributed by atoms with van der Waals surface area (Å²) in [5.41, 5.74) is 10.6. The molecule has 0 aliphatic carbocycles. The van der Waals surface area contributed by atoms with E-state index in [1.807, 2.05) is 18.5 Å². The zero-order chi connectivity index (χ0) is 25.8. The number of fused-ring (bicyclic) bond motifs is 7. The molecule has 0 saturated carbocycles. The van der Waals surface area contributed by atoms with Crippen LogP contribution in [-0.4, -0.2) is 9.38 Å². The number of aryl methyl sites for hydroxylation is 3. The first-order chi connectivity index (χ1) is 17.7. The van der Waals surface area contributed by atoms with Crippen LogP contribution in [0, 0.1) is 30.6 Å². The van der Waals surface area contributed by atoms with E-state index < -0.39 is 0 Å². The van der Waals surface area contributed by atoms with E-state index in [1.54, 1.807) is 0 Å². The van der Waals surface area contributed by atoms with E-state index in [9.17, 15) is 5.26 Å². The molecule has 7 rings (SSSR count). The second-order valence-electron chi connectivity index (χ2n) is 11.8. The molecule has 0 atom stereocenters. The quantitative estimate of drug-likeness (QED) is 0.139. The van der Waals surface area contributed by atoms with Crippen LogP contribution in [0.3, 0.4) is 0 Å². The molecule has 0 amide bonds. The molecule has 180 valence electrons.